The van der Waals surface area contributed by atoms with Gasteiger partial charge in [0.15, 0.2) is 5.96 Å². The summed E-state index contributed by atoms with van der Waals surface area (Å²) in [7, 11) is 3.38. The van der Waals surface area contributed by atoms with Crippen molar-refractivity contribution in [2.75, 3.05) is 27.2 Å². The molecule has 6 nitrogen and oxygen atoms in total. The minimum absolute atomic E-state index is 0. The molecule has 0 aliphatic rings. The van der Waals surface area contributed by atoms with Crippen LogP contribution in [0, 0.1) is 6.92 Å². The number of hydrogen-bond donors (Lipinski definition) is 2. The van der Waals surface area contributed by atoms with E-state index in [-0.39, 0.29) is 36.0 Å². The summed E-state index contributed by atoms with van der Waals surface area (Å²) in [5, 5.41) is 6.34. The van der Waals surface area contributed by atoms with Crippen molar-refractivity contribution in [2.45, 2.75) is 39.7 Å². The Hall–Kier alpha value is -1.51. The summed E-state index contributed by atoms with van der Waals surface area (Å²) in [4.78, 5) is 15.6. The van der Waals surface area contributed by atoms with Gasteiger partial charge in [-0.05, 0) is 38.8 Å². The summed E-state index contributed by atoms with van der Waals surface area (Å²) < 4.78 is 10.5. The molecule has 0 atom stereocenters. The highest BCUT2D eigenvalue weighted by Gasteiger charge is 2.07. The molecule has 0 bridgehead atoms. The Bertz CT molecular complexity index is 562. The van der Waals surface area contributed by atoms with Crippen molar-refractivity contribution in [3.05, 3.63) is 29.3 Å². The van der Waals surface area contributed by atoms with Crippen LogP contribution in [-0.2, 0) is 16.0 Å². The van der Waals surface area contributed by atoms with Gasteiger partial charge >= 0.3 is 5.97 Å². The van der Waals surface area contributed by atoms with E-state index >= 15 is 0 Å². The first-order valence-electron chi connectivity index (χ1n) is 8.23. The van der Waals surface area contributed by atoms with E-state index in [1.165, 1.54) is 5.56 Å². The highest BCUT2D eigenvalue weighted by Crippen LogP contribution is 2.19. The molecule has 0 saturated heterocycles. The molecule has 0 amide bonds. The van der Waals surface area contributed by atoms with E-state index < -0.39 is 0 Å². The molecular weight excluding hydrogens is 433 g/mol. The van der Waals surface area contributed by atoms with Crippen LogP contribution in [-0.4, -0.2) is 45.3 Å². The molecule has 2 N–H and O–H groups in total. The van der Waals surface area contributed by atoms with Crippen LogP contribution in [0.3, 0.4) is 0 Å². The third-order valence-corrected chi connectivity index (χ3v) is 3.34. The van der Waals surface area contributed by atoms with Crippen LogP contribution in [0.15, 0.2) is 23.2 Å². The fourth-order valence-electron chi connectivity index (χ4n) is 2.24. The molecule has 0 radical (unpaired) electrons. The van der Waals surface area contributed by atoms with Crippen molar-refractivity contribution in [2.24, 2.45) is 4.99 Å². The molecule has 0 aromatic heterocycles. The van der Waals surface area contributed by atoms with Crippen LogP contribution in [0.25, 0.3) is 0 Å². The molecule has 25 heavy (non-hydrogen) atoms. The van der Waals surface area contributed by atoms with Gasteiger partial charge in [0, 0.05) is 20.1 Å². The van der Waals surface area contributed by atoms with E-state index in [4.69, 9.17) is 9.47 Å². The number of aliphatic imine (C=N–C) groups is 1. The van der Waals surface area contributed by atoms with Crippen LogP contribution in [0.1, 0.15) is 31.4 Å². The zero-order chi connectivity index (χ0) is 17.9. The van der Waals surface area contributed by atoms with Gasteiger partial charge in [-0.2, -0.15) is 0 Å². The Morgan fingerprint density at radius 3 is 2.52 bits per heavy atom. The van der Waals surface area contributed by atoms with E-state index in [2.05, 4.69) is 28.6 Å². The normalized spacial score (nSPS) is 10.9. The van der Waals surface area contributed by atoms with Gasteiger partial charge in [-0.15, -0.1) is 24.0 Å². The molecule has 0 spiro atoms. The lowest BCUT2D eigenvalue weighted by molar-refractivity contribution is -0.147. The highest BCUT2D eigenvalue weighted by atomic mass is 127. The van der Waals surface area contributed by atoms with E-state index in [0.717, 1.165) is 24.3 Å². The van der Waals surface area contributed by atoms with Gasteiger partial charge in [0.2, 0.25) is 0 Å². The number of halogens is 1. The number of esters is 1. The second-order valence-corrected chi connectivity index (χ2v) is 5.78. The molecule has 0 unspecified atom stereocenters. The van der Waals surface area contributed by atoms with Crippen molar-refractivity contribution in [1.29, 1.82) is 0 Å². The van der Waals surface area contributed by atoms with Gasteiger partial charge in [-0.1, -0.05) is 17.7 Å². The second-order valence-electron chi connectivity index (χ2n) is 5.78. The van der Waals surface area contributed by atoms with Gasteiger partial charge in [0.25, 0.3) is 0 Å². The number of methoxy groups -OCH3 is 1. The number of hydrogen-bond acceptors (Lipinski definition) is 4. The zero-order valence-corrected chi connectivity index (χ0v) is 18.0. The number of nitrogens with zero attached hydrogens (tertiary/aromatic N) is 1. The van der Waals surface area contributed by atoms with Crippen LogP contribution in [0.4, 0.5) is 0 Å². The maximum atomic E-state index is 11.5. The highest BCUT2D eigenvalue weighted by molar-refractivity contribution is 14.0. The Kier molecular flexibility index (Phi) is 12.0. The first-order valence-corrected chi connectivity index (χ1v) is 8.23. The van der Waals surface area contributed by atoms with Crippen molar-refractivity contribution in [3.8, 4) is 5.75 Å². The Morgan fingerprint density at radius 1 is 1.24 bits per heavy atom. The lowest BCUT2D eigenvalue weighted by Crippen LogP contribution is -2.39. The summed E-state index contributed by atoms with van der Waals surface area (Å²) in [5.74, 6) is 1.35. The van der Waals surface area contributed by atoms with Crippen molar-refractivity contribution >= 4 is 35.9 Å². The summed E-state index contributed by atoms with van der Waals surface area (Å²) >= 11 is 0. The largest absolute Gasteiger partial charge is 0.496 e. The molecule has 1 aromatic rings. The number of guanidine groups is 1. The first kappa shape index (κ1) is 23.5. The number of benzene rings is 1. The van der Waals surface area contributed by atoms with Gasteiger partial charge in [0.05, 0.1) is 19.6 Å². The van der Waals surface area contributed by atoms with Gasteiger partial charge < -0.3 is 20.1 Å². The molecular formula is C18H30IN3O3. The quantitative estimate of drug-likeness (QED) is 0.269. The summed E-state index contributed by atoms with van der Waals surface area (Å²) in [5.41, 5.74) is 2.36. The average Bonchev–Trinajstić information content (AvgIpc) is 2.53. The van der Waals surface area contributed by atoms with Crippen LogP contribution in [0.2, 0.25) is 0 Å². The third kappa shape index (κ3) is 9.52. The Balaban J connectivity index is 0.00000576. The number of rotatable bonds is 8. The van der Waals surface area contributed by atoms with Crippen LogP contribution < -0.4 is 15.4 Å². The summed E-state index contributed by atoms with van der Waals surface area (Å²) in [6.45, 7) is 6.94. The molecule has 0 aliphatic carbocycles. The number of nitrogens with one attached hydrogen (secondary N) is 2. The minimum Gasteiger partial charge on any atom is -0.496 e. The zero-order valence-electron chi connectivity index (χ0n) is 15.7. The SMILES string of the molecule is CN=C(NCCC(=O)OC(C)C)NCCc1cc(C)ccc1OC.I. The monoisotopic (exact) mass is 463 g/mol. The topological polar surface area (TPSA) is 72.0 Å². The predicted octanol–water partition coefficient (Wildman–Crippen LogP) is 2.67. The maximum Gasteiger partial charge on any atom is 0.307 e. The van der Waals surface area contributed by atoms with Gasteiger partial charge in [-0.3, -0.25) is 9.79 Å². The molecule has 0 fully saturated rings. The van der Waals surface area contributed by atoms with Crippen LogP contribution >= 0.6 is 24.0 Å². The molecule has 0 heterocycles. The van der Waals surface area contributed by atoms with Crippen LogP contribution in [0.5, 0.6) is 5.75 Å². The first-order chi connectivity index (χ1) is 11.5. The van der Waals surface area contributed by atoms with E-state index in [1.54, 1.807) is 14.2 Å². The predicted molar refractivity (Wildman–Crippen MR) is 112 cm³/mol. The average molecular weight is 463 g/mol. The fourth-order valence-corrected chi connectivity index (χ4v) is 2.24. The van der Waals surface area contributed by atoms with Gasteiger partial charge in [0.1, 0.15) is 5.75 Å². The van der Waals surface area contributed by atoms with Crippen molar-refractivity contribution in [1.82, 2.24) is 10.6 Å². The van der Waals surface area contributed by atoms with Crippen molar-refractivity contribution < 1.29 is 14.3 Å². The molecule has 7 heteroatoms. The van der Waals surface area contributed by atoms with Gasteiger partial charge in [-0.25, -0.2) is 0 Å². The Labute approximate surface area is 167 Å². The smallest absolute Gasteiger partial charge is 0.307 e. The fraction of sp³-hybridized carbons (Fsp3) is 0.556. The maximum absolute atomic E-state index is 11.5. The standard InChI is InChI=1S/C18H29N3O3.HI/c1-13(2)24-17(22)9-11-21-18(19-4)20-10-8-15-12-14(3)6-7-16(15)23-5;/h6-7,12-13H,8-11H2,1-5H3,(H2,19,20,21);1H. The molecule has 142 valence electrons. The molecule has 0 saturated carbocycles. The number of ether oxygens (including phenoxy) is 2. The number of aryl methyl sites for hydroxylation is 1. The summed E-state index contributed by atoms with van der Waals surface area (Å²) in [6, 6.07) is 6.14. The minimum atomic E-state index is -0.211. The second kappa shape index (κ2) is 12.8. The van der Waals surface area contributed by atoms with E-state index in [1.807, 2.05) is 26.0 Å². The third-order valence-electron chi connectivity index (χ3n) is 3.34. The van der Waals surface area contributed by atoms with E-state index in [0.29, 0.717) is 18.9 Å². The molecule has 0 aliphatic heterocycles. The number of carbonyl (C=O) groups excluding carboxylic acids is 1. The van der Waals surface area contributed by atoms with Crippen molar-refractivity contribution in [3.63, 3.8) is 0 Å². The molecule has 1 aromatic carbocycles. The van der Waals surface area contributed by atoms with E-state index in [9.17, 15) is 4.79 Å². The Morgan fingerprint density at radius 2 is 1.92 bits per heavy atom. The lowest BCUT2D eigenvalue weighted by Gasteiger charge is -2.14. The number of carbonyl (C=O) groups is 1. The lowest BCUT2D eigenvalue weighted by atomic mass is 10.1. The molecule has 1 rings (SSSR count). The summed E-state index contributed by atoms with van der Waals surface area (Å²) in [6.07, 6.45) is 1.05.